The molecule has 17 heavy (non-hydrogen) atoms. The number of hydrogen-bond donors (Lipinski definition) is 0. The Balaban J connectivity index is 0.000000265. The molecule has 0 aliphatic heterocycles. The highest BCUT2D eigenvalue weighted by molar-refractivity contribution is 5.81. The fraction of sp³-hybridized carbons (Fsp3) is 0.867. The van der Waals surface area contributed by atoms with Gasteiger partial charge in [-0.2, -0.15) is 0 Å². The van der Waals surface area contributed by atoms with Crippen molar-refractivity contribution in [3.63, 3.8) is 0 Å². The van der Waals surface area contributed by atoms with Crippen LogP contribution >= 0.6 is 0 Å². The minimum atomic E-state index is 0.365. The van der Waals surface area contributed by atoms with Crippen LogP contribution in [0.4, 0.5) is 0 Å². The molecule has 100 valence electrons. The normalized spacial score (nSPS) is 24.1. The van der Waals surface area contributed by atoms with Crippen LogP contribution in [-0.2, 0) is 9.59 Å². The molecule has 0 aromatic heterocycles. The molecule has 0 aromatic rings. The summed E-state index contributed by atoms with van der Waals surface area (Å²) in [6.07, 6.45) is 9.58. The van der Waals surface area contributed by atoms with Gasteiger partial charge in [-0.15, -0.1) is 0 Å². The molecule has 2 aliphatic rings. The van der Waals surface area contributed by atoms with Gasteiger partial charge in [-0.25, -0.2) is 0 Å². The second-order valence-electron chi connectivity index (χ2n) is 4.71. The van der Waals surface area contributed by atoms with Crippen molar-refractivity contribution in [2.24, 2.45) is 5.92 Å². The minimum absolute atomic E-state index is 0.365. The molecule has 2 aliphatic carbocycles. The average Bonchev–Trinajstić information content (AvgIpc) is 2.37. The predicted molar refractivity (Wildman–Crippen MR) is 72.1 cm³/mol. The summed E-state index contributed by atoms with van der Waals surface area (Å²) in [7, 11) is 0. The molecule has 2 rings (SSSR count). The van der Waals surface area contributed by atoms with E-state index in [-0.39, 0.29) is 0 Å². The van der Waals surface area contributed by atoms with E-state index >= 15 is 0 Å². The van der Waals surface area contributed by atoms with Crippen molar-refractivity contribution in [2.45, 2.75) is 78.6 Å². The van der Waals surface area contributed by atoms with Crippen molar-refractivity contribution >= 4 is 11.6 Å². The summed E-state index contributed by atoms with van der Waals surface area (Å²) < 4.78 is 0. The van der Waals surface area contributed by atoms with Gasteiger partial charge in [-0.3, -0.25) is 9.59 Å². The average molecular weight is 240 g/mol. The van der Waals surface area contributed by atoms with E-state index in [1.165, 1.54) is 12.8 Å². The van der Waals surface area contributed by atoms with Crippen molar-refractivity contribution in [3.05, 3.63) is 0 Å². The van der Waals surface area contributed by atoms with E-state index in [9.17, 15) is 9.59 Å². The molecule has 2 heteroatoms. The van der Waals surface area contributed by atoms with Gasteiger partial charge in [-0.1, -0.05) is 33.6 Å². The van der Waals surface area contributed by atoms with Gasteiger partial charge in [0.2, 0.25) is 0 Å². The van der Waals surface area contributed by atoms with E-state index in [4.69, 9.17) is 0 Å². The van der Waals surface area contributed by atoms with Gasteiger partial charge in [0, 0.05) is 25.2 Å². The molecule has 0 radical (unpaired) electrons. The molecule has 0 bridgehead atoms. The Morgan fingerprint density at radius 1 is 0.824 bits per heavy atom. The standard InChI is InChI=1S/C7H12O.C6H10O.C2H6/c1-6-4-2-3-5-7(6)8;7-6-4-2-1-3-5-6;1-2/h6H,2-5H2,1H3;1-5H2;1-2H3. The molecule has 0 saturated heterocycles. The van der Waals surface area contributed by atoms with E-state index in [1.54, 1.807) is 0 Å². The molecule has 1 unspecified atom stereocenters. The van der Waals surface area contributed by atoms with Crippen molar-refractivity contribution in [1.29, 1.82) is 0 Å². The van der Waals surface area contributed by atoms with Gasteiger partial charge >= 0.3 is 0 Å². The Labute approximate surface area is 106 Å². The maximum absolute atomic E-state index is 10.8. The van der Waals surface area contributed by atoms with Crippen molar-refractivity contribution in [1.82, 2.24) is 0 Å². The third kappa shape index (κ3) is 8.12. The summed E-state index contributed by atoms with van der Waals surface area (Å²) in [5, 5.41) is 0. The number of Topliss-reactive ketones (excluding diaryl/α,β-unsaturated/α-hetero) is 2. The molecule has 0 spiro atoms. The lowest BCUT2D eigenvalue weighted by Crippen LogP contribution is -2.14. The van der Waals surface area contributed by atoms with Gasteiger partial charge in [0.1, 0.15) is 11.6 Å². The Kier molecular flexibility index (Phi) is 10.1. The Morgan fingerprint density at radius 2 is 1.35 bits per heavy atom. The summed E-state index contributed by atoms with van der Waals surface area (Å²) in [5.41, 5.74) is 0. The van der Waals surface area contributed by atoms with Crippen LogP contribution in [0.5, 0.6) is 0 Å². The van der Waals surface area contributed by atoms with Crippen LogP contribution in [0, 0.1) is 5.92 Å². The van der Waals surface area contributed by atoms with Crippen LogP contribution in [0.2, 0.25) is 0 Å². The highest BCUT2D eigenvalue weighted by Crippen LogP contribution is 2.18. The summed E-state index contributed by atoms with van der Waals surface area (Å²) >= 11 is 0. The summed E-state index contributed by atoms with van der Waals surface area (Å²) in [6, 6.07) is 0. The quantitative estimate of drug-likeness (QED) is 0.632. The smallest absolute Gasteiger partial charge is 0.135 e. The zero-order valence-electron chi connectivity index (χ0n) is 11.8. The second kappa shape index (κ2) is 10.5. The maximum atomic E-state index is 10.8. The Hall–Kier alpha value is -0.660. The number of rotatable bonds is 0. The highest BCUT2D eigenvalue weighted by Gasteiger charge is 2.16. The van der Waals surface area contributed by atoms with Gasteiger partial charge in [0.05, 0.1) is 0 Å². The second-order valence-corrected chi connectivity index (χ2v) is 4.71. The van der Waals surface area contributed by atoms with Crippen LogP contribution in [-0.4, -0.2) is 11.6 Å². The third-order valence-electron chi connectivity index (χ3n) is 3.27. The minimum Gasteiger partial charge on any atom is -0.300 e. The van der Waals surface area contributed by atoms with Crippen LogP contribution in [0.3, 0.4) is 0 Å². The zero-order chi connectivity index (χ0) is 13.1. The van der Waals surface area contributed by atoms with E-state index in [0.717, 1.165) is 44.9 Å². The fourth-order valence-corrected chi connectivity index (χ4v) is 2.10. The van der Waals surface area contributed by atoms with Crippen molar-refractivity contribution < 1.29 is 9.59 Å². The van der Waals surface area contributed by atoms with Crippen molar-refractivity contribution in [3.8, 4) is 0 Å². The molecule has 2 fully saturated rings. The maximum Gasteiger partial charge on any atom is 0.135 e. The van der Waals surface area contributed by atoms with Gasteiger partial charge in [0.25, 0.3) is 0 Å². The first-order valence-corrected chi connectivity index (χ1v) is 7.24. The number of hydrogen-bond acceptors (Lipinski definition) is 2. The van der Waals surface area contributed by atoms with Gasteiger partial charge in [-0.05, 0) is 25.7 Å². The van der Waals surface area contributed by atoms with Crippen LogP contribution in [0.15, 0.2) is 0 Å². The summed E-state index contributed by atoms with van der Waals surface area (Å²) in [6.45, 7) is 6.03. The van der Waals surface area contributed by atoms with E-state index in [1.807, 2.05) is 20.8 Å². The highest BCUT2D eigenvalue weighted by atomic mass is 16.1. The first kappa shape index (κ1) is 16.3. The summed E-state index contributed by atoms with van der Waals surface area (Å²) in [5.74, 6) is 1.30. The lowest BCUT2D eigenvalue weighted by Gasteiger charge is -2.14. The summed E-state index contributed by atoms with van der Waals surface area (Å²) in [4.78, 5) is 21.3. The van der Waals surface area contributed by atoms with Gasteiger partial charge < -0.3 is 0 Å². The SMILES string of the molecule is CC.CC1CCCCC1=O.O=C1CCCCC1. The molecule has 0 amide bonds. The molecular formula is C15H28O2. The van der Waals surface area contributed by atoms with E-state index in [2.05, 4.69) is 0 Å². The molecular weight excluding hydrogens is 212 g/mol. The topological polar surface area (TPSA) is 34.1 Å². The molecule has 0 N–H and O–H groups in total. The lowest BCUT2D eigenvalue weighted by atomic mass is 9.90. The monoisotopic (exact) mass is 240 g/mol. The van der Waals surface area contributed by atoms with Gasteiger partial charge in [0.15, 0.2) is 0 Å². The number of ketones is 2. The molecule has 0 heterocycles. The molecule has 0 aromatic carbocycles. The van der Waals surface area contributed by atoms with E-state index < -0.39 is 0 Å². The van der Waals surface area contributed by atoms with E-state index in [0.29, 0.717) is 17.5 Å². The first-order chi connectivity index (χ1) is 8.20. The fourth-order valence-electron chi connectivity index (χ4n) is 2.10. The largest absolute Gasteiger partial charge is 0.300 e. The Morgan fingerprint density at radius 3 is 1.65 bits per heavy atom. The zero-order valence-corrected chi connectivity index (χ0v) is 11.8. The Bertz CT molecular complexity index is 213. The van der Waals surface area contributed by atoms with Crippen molar-refractivity contribution in [2.75, 3.05) is 0 Å². The van der Waals surface area contributed by atoms with Crippen LogP contribution in [0.1, 0.15) is 78.6 Å². The van der Waals surface area contributed by atoms with Crippen LogP contribution < -0.4 is 0 Å². The molecule has 2 saturated carbocycles. The first-order valence-electron chi connectivity index (χ1n) is 7.24. The predicted octanol–water partition coefficient (Wildman–Crippen LogP) is 4.31. The third-order valence-corrected chi connectivity index (χ3v) is 3.27. The molecule has 1 atom stereocenters. The lowest BCUT2D eigenvalue weighted by molar-refractivity contribution is -0.124. The number of carbonyl (C=O) groups is 2. The molecule has 2 nitrogen and oxygen atoms in total. The number of carbonyl (C=O) groups excluding carboxylic acids is 2. The van der Waals surface area contributed by atoms with Crippen LogP contribution in [0.25, 0.3) is 0 Å².